The molecule has 0 bridgehead atoms. The first kappa shape index (κ1) is 104. The molecule has 0 aromatic heterocycles. The zero-order valence-corrected chi connectivity index (χ0v) is 66.5. The highest BCUT2D eigenvalue weighted by Gasteiger charge is 2.41. The number of amides is 17. The van der Waals surface area contributed by atoms with Crippen LogP contribution in [0.5, 0.6) is 0 Å². The average Bonchev–Trinajstić information content (AvgIpc) is 0.845. The minimum Gasteiger partial charge on any atom is -0.481 e. The van der Waals surface area contributed by atoms with Crippen LogP contribution in [0.1, 0.15) is 154 Å². The van der Waals surface area contributed by atoms with Gasteiger partial charge in [0, 0.05) is 6.42 Å². The van der Waals surface area contributed by atoms with Crippen LogP contribution in [0.2, 0.25) is 0 Å². The first-order valence-electron chi connectivity index (χ1n) is 37.3. The molecule has 0 aromatic carbocycles. The Morgan fingerprint density at radius 3 is 1.01 bits per heavy atom. The Labute approximate surface area is 663 Å². The third-order valence-corrected chi connectivity index (χ3v) is 18.2. The minimum atomic E-state index is -1.99. The highest BCUT2D eigenvalue weighted by molar-refractivity contribution is 6.02. The van der Waals surface area contributed by atoms with Crippen LogP contribution in [0, 0.1) is 29.6 Å². The summed E-state index contributed by atoms with van der Waals surface area (Å²) < 4.78 is 0. The number of rotatable bonds is 56. The van der Waals surface area contributed by atoms with Crippen LogP contribution in [-0.4, -0.2) is 284 Å². The average molecular weight is 1650 g/mol. The van der Waals surface area contributed by atoms with Gasteiger partial charge in [0.25, 0.3) is 0 Å². The Hall–Kier alpha value is -10.8. The maximum atomic E-state index is 14.3. The minimum absolute atomic E-state index is 0.0654. The molecule has 0 radical (unpaired) electrons. The number of primary amides is 2. The van der Waals surface area contributed by atoms with Crippen LogP contribution in [0.15, 0.2) is 0 Å². The molecule has 0 unspecified atom stereocenters. The Morgan fingerprint density at radius 2 is 0.635 bits per heavy atom. The van der Waals surface area contributed by atoms with Gasteiger partial charge < -0.3 is 138 Å². The molecule has 0 aliphatic carbocycles. The number of carboxylic acid groups (broad SMARTS) is 3. The molecule has 19 atom stereocenters. The number of nitrogens with one attached hydrogen (secondary N) is 15. The zero-order chi connectivity index (χ0) is 88.6. The summed E-state index contributed by atoms with van der Waals surface area (Å²) in [6.45, 7) is 13.3. The largest absolute Gasteiger partial charge is 0.481 e. The van der Waals surface area contributed by atoms with Gasteiger partial charge in [0.1, 0.15) is 84.6 Å². The highest BCUT2D eigenvalue weighted by Crippen LogP contribution is 2.16. The van der Waals surface area contributed by atoms with Gasteiger partial charge in [0.05, 0.1) is 57.8 Å². The number of carboxylic acids is 3. The van der Waals surface area contributed by atoms with E-state index in [1.807, 2.05) is 5.32 Å². The summed E-state index contributed by atoms with van der Waals surface area (Å²) in [5.41, 5.74) is 22.3. The lowest BCUT2D eigenvalue weighted by Gasteiger charge is -2.30. The van der Waals surface area contributed by atoms with E-state index in [1.165, 1.54) is 48.5 Å². The summed E-state index contributed by atoms with van der Waals surface area (Å²) in [7, 11) is 0. The van der Waals surface area contributed by atoms with Gasteiger partial charge in [-0.1, -0.05) is 88.5 Å². The molecule has 30 N–H and O–H groups in total. The molecule has 46 nitrogen and oxygen atoms in total. The van der Waals surface area contributed by atoms with Crippen LogP contribution in [0.25, 0.3) is 0 Å². The van der Waals surface area contributed by atoms with Crippen molar-refractivity contribution in [3.05, 3.63) is 0 Å². The van der Waals surface area contributed by atoms with Crippen molar-refractivity contribution in [2.75, 3.05) is 32.9 Å². The number of hydrogen-bond donors (Lipinski definition) is 26. The molecular formula is C69H119N19O27. The molecule has 0 aliphatic heterocycles. The van der Waals surface area contributed by atoms with Gasteiger partial charge >= 0.3 is 17.9 Å². The van der Waals surface area contributed by atoms with Crippen LogP contribution in [-0.2, 0) is 95.9 Å². The molecule has 0 fully saturated rings. The number of carbonyl (C=O) groups excluding carboxylic acids is 17. The van der Waals surface area contributed by atoms with Gasteiger partial charge in [0.2, 0.25) is 100 Å². The molecule has 0 spiro atoms. The van der Waals surface area contributed by atoms with Crippen LogP contribution < -0.4 is 103 Å². The van der Waals surface area contributed by atoms with Crippen LogP contribution in [0.4, 0.5) is 0 Å². The number of nitrogens with two attached hydrogens (primary N) is 4. The molecule has 115 heavy (non-hydrogen) atoms. The molecule has 17 amide bonds. The maximum absolute atomic E-state index is 14.3. The van der Waals surface area contributed by atoms with E-state index in [2.05, 4.69) is 74.4 Å². The van der Waals surface area contributed by atoms with Crippen molar-refractivity contribution in [3.63, 3.8) is 0 Å². The fourth-order valence-corrected chi connectivity index (χ4v) is 10.6. The van der Waals surface area contributed by atoms with Crippen LogP contribution >= 0.6 is 0 Å². The Bertz CT molecular complexity index is 3380. The number of hydrogen-bond acceptors (Lipinski definition) is 26. The lowest BCUT2D eigenvalue weighted by molar-refractivity contribution is -0.143. The molecule has 0 heterocycles. The third-order valence-electron chi connectivity index (χ3n) is 18.2. The monoisotopic (exact) mass is 1650 g/mol. The summed E-state index contributed by atoms with van der Waals surface area (Å²) in [5.74, 6) is -28.2. The summed E-state index contributed by atoms with van der Waals surface area (Å²) >= 11 is 0. The normalized spacial score (nSPS) is 16.1. The van der Waals surface area contributed by atoms with E-state index in [1.54, 1.807) is 27.7 Å². The Balaban J connectivity index is 6.85. The molecule has 0 rings (SSSR count). The highest BCUT2D eigenvalue weighted by atomic mass is 16.4. The van der Waals surface area contributed by atoms with E-state index in [0.29, 0.717) is 6.42 Å². The summed E-state index contributed by atoms with van der Waals surface area (Å²) in [6.07, 6.45) is -5.41. The second-order valence-electron chi connectivity index (χ2n) is 28.4. The predicted molar refractivity (Wildman–Crippen MR) is 402 cm³/mol. The Morgan fingerprint density at radius 1 is 0.330 bits per heavy atom. The summed E-state index contributed by atoms with van der Waals surface area (Å²) in [5, 5.41) is 103. The lowest BCUT2D eigenvalue weighted by atomic mass is 9.95. The summed E-state index contributed by atoms with van der Waals surface area (Å²) in [6, 6.07) is -25.6. The number of unbranched alkanes of at least 4 members (excludes halogenated alkanes) is 1. The van der Waals surface area contributed by atoms with E-state index in [9.17, 15) is 132 Å². The van der Waals surface area contributed by atoms with Crippen molar-refractivity contribution in [1.82, 2.24) is 79.8 Å². The quantitative estimate of drug-likeness (QED) is 0.0251. The molecule has 0 saturated carbocycles. The number of aliphatic hydroxyl groups is 4. The van der Waals surface area contributed by atoms with Gasteiger partial charge in [-0.25, -0.2) is 4.79 Å². The summed E-state index contributed by atoms with van der Waals surface area (Å²) in [4.78, 5) is 266. The Kier molecular flexibility index (Phi) is 47.6. The molecular weight excluding hydrogens is 1530 g/mol. The van der Waals surface area contributed by atoms with Gasteiger partial charge in [0.15, 0.2) is 0 Å². The fraction of sp³-hybridized carbons (Fsp3) is 0.710. The SMILES string of the molecule is CC[C@H](C)[C@H](NC(=O)CNC(=O)[C@H](CC(=O)O)NC(=O)[C@@H](NC(=O)[C@H](C)N)[C@@H](C)CC)C(=O)N[C@H](C(=O)N[C@@H](CC(N)=O)C(=O)N[C@@H](CCCCN)C(=O)N[C@H](C(=O)N[C@@H](CC(N)=O)C(=O)N[C@@H](CO)C(=O)N[C@H](C(=O)N[C@H](C(=O)N[C@@H](CCC(=O)O)C(=O)N[C@@H](CO)C(=O)N[C@@H](CO)C(=O)O)[C@@H](C)CC)C(C)C)C(C)C)[C@@H](C)O. The van der Waals surface area contributed by atoms with E-state index in [0.717, 1.165) is 6.92 Å². The van der Waals surface area contributed by atoms with Crippen molar-refractivity contribution in [1.29, 1.82) is 0 Å². The maximum Gasteiger partial charge on any atom is 0.328 e. The van der Waals surface area contributed by atoms with Gasteiger partial charge in [-0.2, -0.15) is 0 Å². The second-order valence-corrected chi connectivity index (χ2v) is 28.4. The van der Waals surface area contributed by atoms with Crippen molar-refractivity contribution in [3.8, 4) is 0 Å². The van der Waals surface area contributed by atoms with Crippen molar-refractivity contribution >= 4 is 118 Å². The standard InChI is InChI=1S/C69H119N19O27/c1-13-31(8)51(83-46(95)25-74-56(101)40(24-48(98)99)79-66(111)52(32(9)14-2)86-55(100)34(11)71)67(112)88-54(35(12)92)68(113)78-38(22-44(72)93)59(104)75-36(18-16-17-21-70)58(103)84-49(29(4)5)63(108)77-39(23-45(73)94)60(105)81-42(27-90)62(107)85-50(30(6)7)64(109)87-53(33(10)15-3)65(110)76-37(19-20-47(96)97)57(102)80-41(26-89)61(106)82-43(28-91)69(114)115/h29-43,49-54,89-92H,13-28,70-71H2,1-12H3,(H2,72,93)(H2,73,94)(H,74,101)(H,75,104)(H,76,110)(H,77,108)(H,78,113)(H,79,111)(H,80,102)(H,81,105)(H,82,106)(H,83,95)(H,84,103)(H,85,107)(H,86,100)(H,87,109)(H,88,112)(H,96,97)(H,98,99)(H,114,115)/t31-,32-,33-,34-,35+,36-,37-,38-,39-,40-,41-,42-,43-,49-,50-,51-,52-,53-,54-/m0/s1. The second kappa shape index (κ2) is 52.5. The lowest BCUT2D eigenvalue weighted by Crippen LogP contribution is -2.63. The molecule has 0 saturated heterocycles. The van der Waals surface area contributed by atoms with Gasteiger partial charge in [-0.3, -0.25) is 91.1 Å². The van der Waals surface area contributed by atoms with Crippen molar-refractivity contribution < 1.29 is 132 Å². The van der Waals surface area contributed by atoms with Crippen molar-refractivity contribution in [2.45, 2.75) is 250 Å². The van der Waals surface area contributed by atoms with Gasteiger partial charge in [-0.15, -0.1) is 0 Å². The third kappa shape index (κ3) is 37.3. The first-order valence-corrected chi connectivity index (χ1v) is 37.3. The fourth-order valence-electron chi connectivity index (χ4n) is 10.6. The number of carbonyl (C=O) groups is 20. The van der Waals surface area contributed by atoms with Crippen LogP contribution in [0.3, 0.4) is 0 Å². The number of aliphatic hydroxyl groups excluding tert-OH is 4. The van der Waals surface area contributed by atoms with E-state index in [-0.39, 0.29) is 38.6 Å². The number of aliphatic carboxylic acids is 3. The zero-order valence-electron chi connectivity index (χ0n) is 66.5. The molecule has 0 aliphatic rings. The van der Waals surface area contributed by atoms with E-state index < -0.39 is 303 Å². The smallest absolute Gasteiger partial charge is 0.328 e. The molecule has 652 valence electrons. The van der Waals surface area contributed by atoms with E-state index in [4.69, 9.17) is 22.9 Å². The van der Waals surface area contributed by atoms with E-state index >= 15 is 0 Å². The molecule has 0 aromatic rings. The van der Waals surface area contributed by atoms with Gasteiger partial charge in [-0.05, 0) is 75.7 Å². The predicted octanol–water partition coefficient (Wildman–Crippen LogP) is -10.7. The first-order chi connectivity index (χ1) is 53.6. The van der Waals surface area contributed by atoms with Crippen molar-refractivity contribution in [2.24, 2.45) is 52.5 Å². The topological polar surface area (TPSA) is 768 Å². The molecule has 46 heteroatoms.